The Morgan fingerprint density at radius 1 is 1.10 bits per heavy atom. The lowest BCUT2D eigenvalue weighted by Crippen LogP contribution is -2.13. The maximum Gasteiger partial charge on any atom is 0.257 e. The van der Waals surface area contributed by atoms with Gasteiger partial charge >= 0.3 is 0 Å². The lowest BCUT2D eigenvalue weighted by Gasteiger charge is -2.09. The molecule has 1 N–H and O–H groups in total. The summed E-state index contributed by atoms with van der Waals surface area (Å²) in [6.45, 7) is 0.828. The highest BCUT2D eigenvalue weighted by molar-refractivity contribution is 7.23. The minimum atomic E-state index is -0.196. The molecule has 0 bridgehead atoms. The normalized spacial score (nSPS) is 11.1. The Labute approximate surface area is 179 Å². The van der Waals surface area contributed by atoms with Crippen LogP contribution < -0.4 is 10.1 Å². The van der Waals surface area contributed by atoms with Gasteiger partial charge < -0.3 is 9.64 Å². The van der Waals surface area contributed by atoms with E-state index in [4.69, 9.17) is 4.74 Å². The van der Waals surface area contributed by atoms with Gasteiger partial charge in [-0.05, 0) is 37.4 Å². The predicted molar refractivity (Wildman–Crippen MR) is 121 cm³/mol. The zero-order valence-electron chi connectivity index (χ0n) is 17.0. The highest BCUT2D eigenvalue weighted by atomic mass is 32.1. The van der Waals surface area contributed by atoms with Crippen molar-refractivity contribution >= 4 is 32.6 Å². The van der Waals surface area contributed by atoms with Crippen LogP contribution in [0, 0.1) is 0 Å². The third-order valence-electron chi connectivity index (χ3n) is 4.60. The first-order valence-corrected chi connectivity index (χ1v) is 10.3. The van der Waals surface area contributed by atoms with Gasteiger partial charge in [0.2, 0.25) is 5.88 Å². The Hall–Kier alpha value is -3.29. The summed E-state index contributed by atoms with van der Waals surface area (Å²) >= 11 is 1.41. The number of thiazole rings is 1. The highest BCUT2D eigenvalue weighted by Crippen LogP contribution is 2.38. The number of nitrogens with one attached hydrogen (secondary N) is 1. The minimum Gasteiger partial charge on any atom is -0.479 e. The van der Waals surface area contributed by atoms with Crippen LogP contribution in [0.15, 0.2) is 60.8 Å². The Bertz CT molecular complexity index is 1170. The van der Waals surface area contributed by atoms with Crippen LogP contribution in [-0.2, 0) is 6.54 Å². The van der Waals surface area contributed by atoms with Gasteiger partial charge in [-0.25, -0.2) is 9.97 Å². The van der Waals surface area contributed by atoms with Gasteiger partial charge in [-0.1, -0.05) is 53.8 Å². The second-order valence-electron chi connectivity index (χ2n) is 7.13. The molecule has 4 aromatic rings. The summed E-state index contributed by atoms with van der Waals surface area (Å²) < 4.78 is 6.30. The van der Waals surface area contributed by atoms with Crippen LogP contribution in [0.3, 0.4) is 0 Å². The van der Waals surface area contributed by atoms with Crippen LogP contribution in [0.4, 0.5) is 5.13 Å². The van der Waals surface area contributed by atoms with E-state index in [0.29, 0.717) is 22.1 Å². The second kappa shape index (κ2) is 8.61. The summed E-state index contributed by atoms with van der Waals surface area (Å²) in [5, 5.41) is 3.42. The number of carbonyl (C=O) groups is 1. The van der Waals surface area contributed by atoms with E-state index in [1.165, 1.54) is 11.3 Å². The summed E-state index contributed by atoms with van der Waals surface area (Å²) in [6.07, 6.45) is 1.78. The van der Waals surface area contributed by atoms with Crippen LogP contribution in [-0.4, -0.2) is 42.0 Å². The summed E-state index contributed by atoms with van der Waals surface area (Å²) in [4.78, 5) is 23.8. The van der Waals surface area contributed by atoms with Crippen molar-refractivity contribution in [2.75, 3.05) is 26.5 Å². The molecule has 0 fully saturated rings. The molecule has 1 amide bonds. The molecule has 0 aliphatic rings. The second-order valence-corrected chi connectivity index (χ2v) is 8.13. The predicted octanol–water partition coefficient (Wildman–Crippen LogP) is 4.68. The number of ether oxygens (including phenoxy) is 1. The third-order valence-corrected chi connectivity index (χ3v) is 5.60. The molecule has 152 valence electrons. The van der Waals surface area contributed by atoms with E-state index < -0.39 is 0 Å². The largest absolute Gasteiger partial charge is 0.479 e. The minimum absolute atomic E-state index is 0.196. The molecule has 0 radical (unpaired) electrons. The van der Waals surface area contributed by atoms with E-state index in [1.54, 1.807) is 13.3 Å². The average Bonchev–Trinajstić information content (AvgIpc) is 3.17. The van der Waals surface area contributed by atoms with Crippen molar-refractivity contribution in [2.24, 2.45) is 0 Å². The first kappa shape index (κ1) is 20.0. The first-order valence-electron chi connectivity index (χ1n) is 9.49. The summed E-state index contributed by atoms with van der Waals surface area (Å²) in [6, 6.07) is 17.6. The monoisotopic (exact) mass is 418 g/mol. The van der Waals surface area contributed by atoms with Crippen LogP contribution in [0.5, 0.6) is 5.88 Å². The van der Waals surface area contributed by atoms with Crippen molar-refractivity contribution in [2.45, 2.75) is 6.54 Å². The SMILES string of the molecule is COc1ncc(-c2ccccc2)c2sc(NC(=O)c3ccc(CN(C)C)cc3)nc12. The van der Waals surface area contributed by atoms with Gasteiger partial charge in [0.1, 0.15) is 5.52 Å². The highest BCUT2D eigenvalue weighted by Gasteiger charge is 2.17. The number of hydrogen-bond donors (Lipinski definition) is 1. The zero-order valence-corrected chi connectivity index (χ0v) is 17.9. The lowest BCUT2D eigenvalue weighted by atomic mass is 10.1. The number of benzene rings is 2. The molecule has 0 saturated heterocycles. The molecule has 2 aromatic heterocycles. The molecule has 2 aromatic carbocycles. The van der Waals surface area contributed by atoms with Crippen LogP contribution in [0.25, 0.3) is 21.3 Å². The molecule has 4 rings (SSSR count). The van der Waals surface area contributed by atoms with Gasteiger partial charge in [-0.15, -0.1) is 0 Å². The van der Waals surface area contributed by atoms with Crippen LogP contribution >= 0.6 is 11.3 Å². The van der Waals surface area contributed by atoms with Gasteiger partial charge in [0.25, 0.3) is 5.91 Å². The van der Waals surface area contributed by atoms with Gasteiger partial charge in [-0.2, -0.15) is 0 Å². The van der Waals surface area contributed by atoms with Crippen molar-refractivity contribution in [3.05, 3.63) is 71.9 Å². The number of amides is 1. The maximum absolute atomic E-state index is 12.7. The van der Waals surface area contributed by atoms with Gasteiger partial charge in [0.05, 0.1) is 11.8 Å². The van der Waals surface area contributed by atoms with Crippen LogP contribution in [0.1, 0.15) is 15.9 Å². The van der Waals surface area contributed by atoms with Crippen molar-refractivity contribution in [1.82, 2.24) is 14.9 Å². The summed E-state index contributed by atoms with van der Waals surface area (Å²) in [7, 11) is 5.60. The molecule has 7 heteroatoms. The summed E-state index contributed by atoms with van der Waals surface area (Å²) in [5.41, 5.74) is 4.37. The molecule has 0 atom stereocenters. The fourth-order valence-electron chi connectivity index (χ4n) is 3.21. The van der Waals surface area contributed by atoms with Crippen molar-refractivity contribution in [1.29, 1.82) is 0 Å². The van der Waals surface area contributed by atoms with E-state index in [9.17, 15) is 4.79 Å². The topological polar surface area (TPSA) is 67.3 Å². The molecule has 6 nitrogen and oxygen atoms in total. The van der Waals surface area contributed by atoms with E-state index in [0.717, 1.165) is 27.9 Å². The Morgan fingerprint density at radius 2 is 1.83 bits per heavy atom. The Kier molecular flexibility index (Phi) is 5.74. The molecule has 2 heterocycles. The number of anilines is 1. The fourth-order valence-corrected chi connectivity index (χ4v) is 4.20. The molecular formula is C23H22N4O2S. The lowest BCUT2D eigenvalue weighted by molar-refractivity contribution is 0.102. The van der Waals surface area contributed by atoms with E-state index >= 15 is 0 Å². The molecule has 0 saturated carbocycles. The smallest absolute Gasteiger partial charge is 0.257 e. The Balaban J connectivity index is 1.64. The number of pyridine rings is 1. The number of methoxy groups -OCH3 is 1. The number of rotatable bonds is 6. The van der Waals surface area contributed by atoms with E-state index in [-0.39, 0.29) is 5.91 Å². The first-order chi connectivity index (χ1) is 14.5. The molecule has 0 spiro atoms. The molecule has 0 aliphatic heterocycles. The zero-order chi connectivity index (χ0) is 21.1. The van der Waals surface area contributed by atoms with Gasteiger partial charge in [0.15, 0.2) is 5.13 Å². The molecular weight excluding hydrogens is 396 g/mol. The van der Waals surface area contributed by atoms with Gasteiger partial charge in [-0.3, -0.25) is 10.1 Å². The fraction of sp³-hybridized carbons (Fsp3) is 0.174. The van der Waals surface area contributed by atoms with Crippen molar-refractivity contribution in [3.63, 3.8) is 0 Å². The quantitative estimate of drug-likeness (QED) is 0.492. The number of fused-ring (bicyclic) bond motifs is 1. The average molecular weight is 419 g/mol. The summed E-state index contributed by atoms with van der Waals surface area (Å²) in [5.74, 6) is 0.244. The molecule has 0 unspecified atom stereocenters. The van der Waals surface area contributed by atoms with Crippen molar-refractivity contribution < 1.29 is 9.53 Å². The maximum atomic E-state index is 12.7. The molecule has 30 heavy (non-hydrogen) atoms. The van der Waals surface area contributed by atoms with Crippen molar-refractivity contribution in [3.8, 4) is 17.0 Å². The number of aromatic nitrogens is 2. The standard InChI is InChI=1S/C23H22N4O2S/c1-27(2)14-15-9-11-17(12-10-15)21(28)26-23-25-19-20(30-23)18(13-24-22(19)29-3)16-7-5-4-6-8-16/h4-13H,14H2,1-3H3,(H,25,26,28). The van der Waals surface area contributed by atoms with Crippen LogP contribution in [0.2, 0.25) is 0 Å². The molecule has 0 aliphatic carbocycles. The van der Waals surface area contributed by atoms with E-state index in [2.05, 4.69) is 20.2 Å². The van der Waals surface area contributed by atoms with E-state index in [1.807, 2.05) is 68.7 Å². The number of carbonyl (C=O) groups excluding carboxylic acids is 1. The Morgan fingerprint density at radius 3 is 2.50 bits per heavy atom. The number of nitrogens with zero attached hydrogens (tertiary/aromatic N) is 3. The number of hydrogen-bond acceptors (Lipinski definition) is 6. The van der Waals surface area contributed by atoms with Gasteiger partial charge in [0, 0.05) is 23.9 Å². The third kappa shape index (κ3) is 4.17.